The van der Waals surface area contributed by atoms with E-state index in [0.717, 1.165) is 35.1 Å². The first-order valence-corrected chi connectivity index (χ1v) is 15.2. The highest BCUT2D eigenvalue weighted by Gasteiger charge is 2.31. The highest BCUT2D eigenvalue weighted by Crippen LogP contribution is 2.34. The maximum atomic E-state index is 15.8. The van der Waals surface area contributed by atoms with E-state index in [1.165, 1.54) is 18.3 Å². The smallest absolute Gasteiger partial charge is 0.350 e. The molecule has 0 unspecified atom stereocenters. The van der Waals surface area contributed by atoms with E-state index in [9.17, 15) is 26.8 Å². The molecule has 0 spiro atoms. The number of carbonyl (C=O) groups excluding carboxylic acids is 1. The van der Waals surface area contributed by atoms with Crippen LogP contribution in [-0.2, 0) is 21.1 Å². The fraction of sp³-hybridized carbons (Fsp3) is 0.276. The molecule has 1 amide bonds. The number of sulfone groups is 1. The van der Waals surface area contributed by atoms with Crippen molar-refractivity contribution in [3.8, 4) is 16.9 Å². The van der Waals surface area contributed by atoms with Gasteiger partial charge in [-0.2, -0.15) is 4.98 Å². The predicted molar refractivity (Wildman–Crippen MR) is 154 cm³/mol. The standard InChI is InChI=1S/C29H27F3N6O4S/c1-5-17-10-11-33-28(43(4,41)42)25(17)38-27-18(14-21(32)24(34-27)23-19(30)8-7-9-20(23)31)26(35-29(38)40)37-13-12-36(15-16(37)3)22(39)6-2/h6-11,14,16H,2,5,12-13,15H2,1,3-4H3/t16-/m0/s1. The molecule has 0 aliphatic carbocycles. The fourth-order valence-corrected chi connectivity index (χ4v) is 6.12. The number of halogens is 3. The van der Waals surface area contributed by atoms with Gasteiger partial charge in [0.15, 0.2) is 26.3 Å². The topological polar surface area (TPSA) is 118 Å². The van der Waals surface area contributed by atoms with Crippen LogP contribution in [-0.4, -0.2) is 70.7 Å². The van der Waals surface area contributed by atoms with E-state index in [-0.39, 0.29) is 54.5 Å². The molecule has 1 aromatic carbocycles. The molecule has 1 aliphatic rings. The molecule has 0 bridgehead atoms. The fourth-order valence-electron chi connectivity index (χ4n) is 5.30. The molecule has 10 nitrogen and oxygen atoms in total. The average Bonchev–Trinajstić information content (AvgIpc) is 2.96. The summed E-state index contributed by atoms with van der Waals surface area (Å²) in [5.41, 5.74) is -2.47. The minimum atomic E-state index is -4.02. The van der Waals surface area contributed by atoms with Crippen molar-refractivity contribution in [3.63, 3.8) is 0 Å². The molecule has 4 aromatic rings. The molecule has 1 aliphatic heterocycles. The van der Waals surface area contributed by atoms with Crippen LogP contribution in [0, 0.1) is 17.5 Å². The van der Waals surface area contributed by atoms with Gasteiger partial charge in [0.25, 0.3) is 0 Å². The van der Waals surface area contributed by atoms with Crippen LogP contribution in [0.1, 0.15) is 19.4 Å². The van der Waals surface area contributed by atoms with Gasteiger partial charge in [-0.05, 0) is 49.2 Å². The number of hydrogen-bond acceptors (Lipinski definition) is 8. The number of aryl methyl sites for hydroxylation is 1. The number of anilines is 1. The van der Waals surface area contributed by atoms with Gasteiger partial charge in [0.1, 0.15) is 23.1 Å². The molecule has 3 aromatic heterocycles. The van der Waals surface area contributed by atoms with Crippen molar-refractivity contribution < 1.29 is 26.4 Å². The number of hydrogen-bond donors (Lipinski definition) is 0. The number of nitrogens with zero attached hydrogens (tertiary/aromatic N) is 6. The van der Waals surface area contributed by atoms with Gasteiger partial charge < -0.3 is 9.80 Å². The summed E-state index contributed by atoms with van der Waals surface area (Å²) in [5.74, 6) is -3.52. The number of benzene rings is 1. The van der Waals surface area contributed by atoms with Gasteiger partial charge in [-0.3, -0.25) is 4.79 Å². The zero-order chi connectivity index (χ0) is 31.2. The lowest BCUT2D eigenvalue weighted by molar-refractivity contribution is -0.126. The van der Waals surface area contributed by atoms with Crippen LogP contribution in [0.15, 0.2) is 59.0 Å². The van der Waals surface area contributed by atoms with Gasteiger partial charge in [-0.15, -0.1) is 0 Å². The largest absolute Gasteiger partial charge is 0.355 e. The van der Waals surface area contributed by atoms with Crippen molar-refractivity contribution in [3.05, 3.63) is 82.7 Å². The van der Waals surface area contributed by atoms with Crippen LogP contribution < -0.4 is 10.6 Å². The van der Waals surface area contributed by atoms with Crippen molar-refractivity contribution in [1.82, 2.24) is 24.4 Å². The summed E-state index contributed by atoms with van der Waals surface area (Å²) in [6.07, 6.45) is 3.67. The lowest BCUT2D eigenvalue weighted by Crippen LogP contribution is -2.54. The minimum absolute atomic E-state index is 0.0155. The second kappa shape index (κ2) is 11.2. The Balaban J connectivity index is 1.88. The molecule has 0 saturated carbocycles. The van der Waals surface area contributed by atoms with E-state index < -0.39 is 55.3 Å². The Labute approximate surface area is 245 Å². The molecular formula is C29H27F3N6O4S. The van der Waals surface area contributed by atoms with E-state index in [1.54, 1.807) is 23.6 Å². The third kappa shape index (κ3) is 5.26. The summed E-state index contributed by atoms with van der Waals surface area (Å²) >= 11 is 0. The van der Waals surface area contributed by atoms with E-state index in [0.29, 0.717) is 5.56 Å². The molecule has 224 valence electrons. The molecule has 4 heterocycles. The van der Waals surface area contributed by atoms with Gasteiger partial charge >= 0.3 is 5.69 Å². The number of amides is 1. The Morgan fingerprint density at radius 2 is 1.81 bits per heavy atom. The summed E-state index contributed by atoms with van der Waals surface area (Å²) in [5, 5.41) is -0.460. The van der Waals surface area contributed by atoms with Crippen molar-refractivity contribution in [2.75, 3.05) is 30.8 Å². The maximum absolute atomic E-state index is 15.8. The van der Waals surface area contributed by atoms with Gasteiger partial charge in [0, 0.05) is 38.1 Å². The molecule has 1 saturated heterocycles. The molecule has 5 rings (SSSR count). The van der Waals surface area contributed by atoms with Crippen LogP contribution in [0.4, 0.5) is 19.0 Å². The zero-order valence-electron chi connectivity index (χ0n) is 23.5. The predicted octanol–water partition coefficient (Wildman–Crippen LogP) is 3.45. The number of piperazine rings is 1. The average molecular weight is 613 g/mol. The van der Waals surface area contributed by atoms with Gasteiger partial charge in [0.2, 0.25) is 5.91 Å². The second-order valence-corrected chi connectivity index (χ2v) is 12.1. The summed E-state index contributed by atoms with van der Waals surface area (Å²) in [6.45, 7) is 7.73. The lowest BCUT2D eigenvalue weighted by atomic mass is 10.1. The minimum Gasteiger partial charge on any atom is -0.350 e. The summed E-state index contributed by atoms with van der Waals surface area (Å²) in [7, 11) is -4.02. The third-order valence-electron chi connectivity index (χ3n) is 7.32. The molecular weight excluding hydrogens is 585 g/mol. The Kier molecular flexibility index (Phi) is 7.82. The van der Waals surface area contributed by atoms with E-state index in [4.69, 9.17) is 0 Å². The first kappa shape index (κ1) is 29.9. The zero-order valence-corrected chi connectivity index (χ0v) is 24.3. The van der Waals surface area contributed by atoms with Crippen molar-refractivity contribution in [2.24, 2.45) is 0 Å². The molecule has 0 radical (unpaired) electrons. The normalized spacial score (nSPS) is 15.6. The third-order valence-corrected chi connectivity index (χ3v) is 8.32. The molecule has 0 N–H and O–H groups in total. The number of pyridine rings is 2. The highest BCUT2D eigenvalue weighted by atomic mass is 32.2. The molecule has 14 heteroatoms. The summed E-state index contributed by atoms with van der Waals surface area (Å²) in [6, 6.07) is 5.10. The van der Waals surface area contributed by atoms with Crippen LogP contribution in [0.25, 0.3) is 28.0 Å². The molecule has 1 fully saturated rings. The summed E-state index contributed by atoms with van der Waals surface area (Å²) < 4.78 is 72.0. The quantitative estimate of drug-likeness (QED) is 0.304. The van der Waals surface area contributed by atoms with Gasteiger partial charge in [0.05, 0.1) is 16.6 Å². The first-order valence-electron chi connectivity index (χ1n) is 13.3. The highest BCUT2D eigenvalue weighted by molar-refractivity contribution is 7.90. The van der Waals surface area contributed by atoms with E-state index in [2.05, 4.69) is 21.5 Å². The Morgan fingerprint density at radius 1 is 1.12 bits per heavy atom. The van der Waals surface area contributed by atoms with Gasteiger partial charge in [-0.1, -0.05) is 19.6 Å². The van der Waals surface area contributed by atoms with E-state index >= 15 is 4.39 Å². The monoisotopic (exact) mass is 612 g/mol. The van der Waals surface area contributed by atoms with Gasteiger partial charge in [-0.25, -0.2) is 40.9 Å². The number of aromatic nitrogens is 4. The number of fused-ring (bicyclic) bond motifs is 1. The van der Waals surface area contributed by atoms with Crippen LogP contribution >= 0.6 is 0 Å². The van der Waals surface area contributed by atoms with E-state index in [1.807, 2.05) is 0 Å². The van der Waals surface area contributed by atoms with Crippen molar-refractivity contribution in [2.45, 2.75) is 31.3 Å². The number of carbonyl (C=O) groups is 1. The molecule has 43 heavy (non-hydrogen) atoms. The maximum Gasteiger partial charge on any atom is 0.355 e. The molecule has 1 atom stereocenters. The van der Waals surface area contributed by atoms with Crippen LogP contribution in [0.2, 0.25) is 0 Å². The summed E-state index contributed by atoms with van der Waals surface area (Å²) in [4.78, 5) is 41.9. The van der Waals surface area contributed by atoms with Crippen LogP contribution in [0.5, 0.6) is 0 Å². The van der Waals surface area contributed by atoms with Crippen molar-refractivity contribution in [1.29, 1.82) is 0 Å². The number of rotatable bonds is 6. The Morgan fingerprint density at radius 3 is 2.42 bits per heavy atom. The SMILES string of the molecule is C=CC(=O)N1CCN(c2nc(=O)n(-c3c(CC)ccnc3S(C)(=O)=O)c3nc(-c4c(F)cccc4F)c(F)cc23)[C@@H](C)C1. The lowest BCUT2D eigenvalue weighted by Gasteiger charge is -2.40. The Bertz CT molecular complexity index is 1940. The Hall–Kier alpha value is -4.59. The van der Waals surface area contributed by atoms with Crippen molar-refractivity contribution >= 4 is 32.6 Å². The second-order valence-electron chi connectivity index (χ2n) is 10.1. The van der Waals surface area contributed by atoms with Crippen LogP contribution in [0.3, 0.4) is 0 Å². The first-order chi connectivity index (χ1) is 20.4.